The van der Waals surface area contributed by atoms with E-state index in [1.54, 1.807) is 0 Å². The van der Waals surface area contributed by atoms with Crippen molar-refractivity contribution < 1.29 is 0 Å². The number of benzene rings is 1. The van der Waals surface area contributed by atoms with Gasteiger partial charge in [-0.25, -0.2) is 0 Å². The van der Waals surface area contributed by atoms with E-state index in [4.69, 9.17) is 0 Å². The monoisotopic (exact) mass is 323 g/mol. The van der Waals surface area contributed by atoms with E-state index >= 15 is 0 Å². The molecule has 1 aliphatic carbocycles. The Morgan fingerprint density at radius 1 is 1.16 bits per heavy atom. The van der Waals surface area contributed by atoms with Gasteiger partial charge in [0.05, 0.1) is 0 Å². The lowest BCUT2D eigenvalue weighted by Crippen LogP contribution is -2.39. The summed E-state index contributed by atoms with van der Waals surface area (Å²) in [6.45, 7) is 9.28. The molecule has 1 aliphatic rings. The largest absolute Gasteiger partial charge is 0.381 e. The lowest BCUT2D eigenvalue weighted by atomic mass is 9.69. The van der Waals surface area contributed by atoms with Crippen LogP contribution < -0.4 is 5.32 Å². The smallest absolute Gasteiger partial charge is 0.0489 e. The molecule has 1 aromatic carbocycles. The Hall–Kier alpha value is -0.500. The highest BCUT2D eigenvalue weighted by molar-refractivity contribution is 9.10. The van der Waals surface area contributed by atoms with Gasteiger partial charge in [-0.1, -0.05) is 45.7 Å². The molecule has 1 aromatic rings. The quantitative estimate of drug-likeness (QED) is 0.728. The fraction of sp³-hybridized carbons (Fsp3) is 0.647. The van der Waals surface area contributed by atoms with Crippen molar-refractivity contribution in [3.8, 4) is 0 Å². The topological polar surface area (TPSA) is 12.0 Å². The van der Waals surface area contributed by atoms with Crippen LogP contribution in [0, 0.1) is 18.3 Å². The van der Waals surface area contributed by atoms with Crippen LogP contribution in [0.5, 0.6) is 0 Å². The van der Waals surface area contributed by atoms with E-state index in [-0.39, 0.29) is 0 Å². The molecular formula is C17H26BrN. The molecule has 19 heavy (non-hydrogen) atoms. The van der Waals surface area contributed by atoms with Crippen LogP contribution in [0.4, 0.5) is 5.69 Å². The highest BCUT2D eigenvalue weighted by atomic mass is 79.9. The summed E-state index contributed by atoms with van der Waals surface area (Å²) in [6.07, 6.45) is 5.38. The minimum absolute atomic E-state index is 0.383. The van der Waals surface area contributed by atoms with Crippen LogP contribution in [0.1, 0.15) is 52.0 Å². The average Bonchev–Trinajstić information content (AvgIpc) is 2.34. The third-order valence-corrected chi connectivity index (χ3v) is 5.46. The summed E-state index contributed by atoms with van der Waals surface area (Å²) < 4.78 is 1.22. The number of hydrogen-bond acceptors (Lipinski definition) is 1. The molecule has 1 fully saturated rings. The van der Waals surface area contributed by atoms with Crippen LogP contribution in [0.2, 0.25) is 0 Å². The maximum atomic E-state index is 3.80. The van der Waals surface area contributed by atoms with Crippen LogP contribution in [0.25, 0.3) is 0 Å². The molecule has 2 atom stereocenters. The van der Waals surface area contributed by atoms with Gasteiger partial charge in [-0.3, -0.25) is 0 Å². The Labute approximate surface area is 126 Å². The van der Waals surface area contributed by atoms with E-state index in [0.29, 0.717) is 11.5 Å². The minimum atomic E-state index is 0.383. The maximum absolute atomic E-state index is 3.80. The predicted molar refractivity (Wildman–Crippen MR) is 87.7 cm³/mol. The summed E-state index contributed by atoms with van der Waals surface area (Å²) in [4.78, 5) is 0. The Kier molecular flexibility index (Phi) is 4.60. The van der Waals surface area contributed by atoms with Gasteiger partial charge in [-0.15, -0.1) is 0 Å². The van der Waals surface area contributed by atoms with Gasteiger partial charge in [0.2, 0.25) is 0 Å². The van der Waals surface area contributed by atoms with E-state index in [2.05, 4.69) is 67.1 Å². The number of rotatable bonds is 2. The first-order chi connectivity index (χ1) is 8.89. The Bertz CT molecular complexity index is 433. The van der Waals surface area contributed by atoms with E-state index < -0.39 is 0 Å². The van der Waals surface area contributed by atoms with Crippen LogP contribution in [0.3, 0.4) is 0 Å². The van der Waals surface area contributed by atoms with Gasteiger partial charge in [0, 0.05) is 16.2 Å². The van der Waals surface area contributed by atoms with Gasteiger partial charge >= 0.3 is 0 Å². The Morgan fingerprint density at radius 2 is 1.84 bits per heavy atom. The molecule has 0 radical (unpaired) electrons. The summed E-state index contributed by atoms with van der Waals surface area (Å²) in [5.74, 6) is 0.758. The van der Waals surface area contributed by atoms with Gasteiger partial charge < -0.3 is 5.32 Å². The van der Waals surface area contributed by atoms with E-state index in [1.165, 1.54) is 41.4 Å². The Morgan fingerprint density at radius 3 is 2.53 bits per heavy atom. The number of halogens is 1. The van der Waals surface area contributed by atoms with Crippen LogP contribution in [-0.4, -0.2) is 6.04 Å². The first-order valence-corrected chi connectivity index (χ1v) is 8.20. The Balaban J connectivity index is 2.18. The molecule has 1 N–H and O–H groups in total. The molecule has 2 unspecified atom stereocenters. The third kappa shape index (κ3) is 3.53. The summed E-state index contributed by atoms with van der Waals surface area (Å²) in [5, 5.41) is 3.80. The highest BCUT2D eigenvalue weighted by Gasteiger charge is 2.34. The molecule has 2 rings (SSSR count). The molecule has 1 nitrogen and oxygen atoms in total. The summed E-state index contributed by atoms with van der Waals surface area (Å²) in [7, 11) is 0. The molecule has 0 bridgehead atoms. The zero-order chi connectivity index (χ0) is 14.0. The van der Waals surface area contributed by atoms with E-state index in [9.17, 15) is 0 Å². The van der Waals surface area contributed by atoms with Crippen molar-refractivity contribution in [1.29, 1.82) is 0 Å². The second-order valence-corrected chi connectivity index (χ2v) is 7.74. The van der Waals surface area contributed by atoms with E-state index in [0.717, 1.165) is 5.92 Å². The van der Waals surface area contributed by atoms with Crippen LogP contribution >= 0.6 is 15.9 Å². The predicted octanol–water partition coefficient (Wildman–Crippen LogP) is 5.77. The van der Waals surface area contributed by atoms with Gasteiger partial charge in [0.15, 0.2) is 0 Å². The van der Waals surface area contributed by atoms with Gasteiger partial charge in [-0.05, 0) is 58.7 Å². The molecule has 0 amide bonds. The summed E-state index contributed by atoms with van der Waals surface area (Å²) in [6, 6.07) is 7.08. The van der Waals surface area contributed by atoms with Crippen molar-refractivity contribution >= 4 is 21.6 Å². The van der Waals surface area contributed by atoms with Crippen molar-refractivity contribution in [1.82, 2.24) is 0 Å². The van der Waals surface area contributed by atoms with Crippen molar-refractivity contribution in [2.24, 2.45) is 11.3 Å². The van der Waals surface area contributed by atoms with Gasteiger partial charge in [0.1, 0.15) is 0 Å². The summed E-state index contributed by atoms with van der Waals surface area (Å²) in [5.41, 5.74) is 2.93. The zero-order valence-electron chi connectivity index (χ0n) is 12.6. The van der Waals surface area contributed by atoms with Crippen LogP contribution in [0.15, 0.2) is 22.7 Å². The maximum Gasteiger partial charge on any atom is 0.0489 e. The minimum Gasteiger partial charge on any atom is -0.381 e. The fourth-order valence-electron chi connectivity index (χ4n) is 3.30. The number of hydrogen-bond donors (Lipinski definition) is 1. The molecular weight excluding hydrogens is 298 g/mol. The molecule has 0 aromatic heterocycles. The van der Waals surface area contributed by atoms with Gasteiger partial charge in [0.25, 0.3) is 0 Å². The molecule has 0 heterocycles. The highest BCUT2D eigenvalue weighted by Crippen LogP contribution is 2.40. The average molecular weight is 324 g/mol. The lowest BCUT2D eigenvalue weighted by molar-refractivity contribution is 0.163. The first kappa shape index (κ1) is 14.9. The standard InChI is InChI=1S/C17H26BrN/c1-12-8-7-11-15(16(12)18)19-14-10-6-5-9-13(14)17(2,3)4/h7-8,11,13-14,19H,5-6,9-10H2,1-4H3. The third-order valence-electron chi connectivity index (χ3n) is 4.41. The lowest BCUT2D eigenvalue weighted by Gasteiger charge is -2.41. The van der Waals surface area contributed by atoms with Crippen molar-refractivity contribution in [2.45, 2.75) is 59.4 Å². The second-order valence-electron chi connectivity index (χ2n) is 6.94. The van der Waals surface area contributed by atoms with Gasteiger partial charge in [-0.2, -0.15) is 0 Å². The van der Waals surface area contributed by atoms with Crippen molar-refractivity contribution in [2.75, 3.05) is 5.32 Å². The molecule has 0 spiro atoms. The summed E-state index contributed by atoms with van der Waals surface area (Å²) >= 11 is 3.71. The molecule has 2 heteroatoms. The second kappa shape index (κ2) is 5.87. The van der Waals surface area contributed by atoms with Crippen LogP contribution in [-0.2, 0) is 0 Å². The normalized spacial score (nSPS) is 24.3. The fourth-order valence-corrected chi connectivity index (χ4v) is 3.68. The number of anilines is 1. The first-order valence-electron chi connectivity index (χ1n) is 7.41. The molecule has 0 aliphatic heterocycles. The zero-order valence-corrected chi connectivity index (χ0v) is 14.2. The SMILES string of the molecule is Cc1cccc(NC2CCCCC2C(C)(C)C)c1Br. The molecule has 0 saturated heterocycles. The van der Waals surface area contributed by atoms with Crippen molar-refractivity contribution in [3.05, 3.63) is 28.2 Å². The molecule has 106 valence electrons. The number of nitrogens with one attached hydrogen (secondary N) is 1. The van der Waals surface area contributed by atoms with Crippen molar-refractivity contribution in [3.63, 3.8) is 0 Å². The number of aryl methyl sites for hydroxylation is 1. The van der Waals surface area contributed by atoms with E-state index in [1.807, 2.05) is 0 Å². The molecule has 1 saturated carbocycles.